The van der Waals surface area contributed by atoms with Crippen molar-refractivity contribution in [2.75, 3.05) is 35.2 Å². The molecule has 2 aromatic rings. The highest BCUT2D eigenvalue weighted by Gasteiger charge is 2.34. The van der Waals surface area contributed by atoms with E-state index in [1.54, 1.807) is 53.7 Å². The van der Waals surface area contributed by atoms with Crippen LogP contribution in [-0.4, -0.2) is 69.8 Å². The lowest BCUT2D eigenvalue weighted by molar-refractivity contribution is -0.00212. The summed E-state index contributed by atoms with van der Waals surface area (Å²) in [4.78, 5) is 42.9. The van der Waals surface area contributed by atoms with Crippen LogP contribution in [-0.2, 0) is 20.6 Å². The lowest BCUT2D eigenvalue weighted by Crippen LogP contribution is -2.48. The summed E-state index contributed by atoms with van der Waals surface area (Å²) in [7, 11) is 0. The fourth-order valence-corrected chi connectivity index (χ4v) is 4.13. The lowest BCUT2D eigenvalue weighted by atomic mass is 10.1. The summed E-state index contributed by atoms with van der Waals surface area (Å²) in [5.74, 6) is 0.934. The molecule has 1 aromatic heterocycles. The summed E-state index contributed by atoms with van der Waals surface area (Å²) in [5.41, 5.74) is 6.40. The van der Waals surface area contributed by atoms with Crippen LogP contribution in [0.5, 0.6) is 0 Å². The Hall–Kier alpha value is -4.09. The van der Waals surface area contributed by atoms with Crippen molar-refractivity contribution in [1.29, 1.82) is 0 Å². The van der Waals surface area contributed by atoms with Crippen molar-refractivity contribution in [3.05, 3.63) is 35.9 Å². The molecule has 3 rings (SSSR count). The number of amides is 3. The van der Waals surface area contributed by atoms with Gasteiger partial charge in [0.2, 0.25) is 0 Å². The molecule has 0 spiro atoms. The van der Waals surface area contributed by atoms with Gasteiger partial charge in [-0.05, 0) is 105 Å². The van der Waals surface area contributed by atoms with Gasteiger partial charge in [-0.3, -0.25) is 4.90 Å². The molecule has 224 valence electrons. The minimum atomic E-state index is -0.900. The molecule has 1 aliphatic heterocycles. The Bertz CT molecular complexity index is 1230. The number of fused-ring (bicyclic) bond motifs is 1. The monoisotopic (exact) mass is 570 g/mol. The number of nitrogens with zero attached hydrogens (tertiary/aromatic N) is 5. The molecule has 0 aliphatic carbocycles. The molecule has 1 aliphatic rings. The van der Waals surface area contributed by atoms with Crippen LogP contribution in [0.4, 0.5) is 37.4 Å². The summed E-state index contributed by atoms with van der Waals surface area (Å²) in [6, 6.07) is 9.28. The minimum Gasteiger partial charge on any atom is -0.447 e. The average Bonchev–Trinajstić information content (AvgIpc) is 3.22. The van der Waals surface area contributed by atoms with Crippen molar-refractivity contribution in [2.24, 2.45) is 0 Å². The van der Waals surface area contributed by atoms with E-state index in [2.05, 4.69) is 10.2 Å². The average molecular weight is 571 g/mol. The molecule has 0 fully saturated rings. The lowest BCUT2D eigenvalue weighted by Gasteiger charge is -2.34. The molecule has 12 heteroatoms. The number of aromatic nitrogens is 2. The second-order valence-electron chi connectivity index (χ2n) is 12.8. The first kappa shape index (κ1) is 31.4. The molecule has 0 atom stereocenters. The van der Waals surface area contributed by atoms with E-state index in [0.29, 0.717) is 17.3 Å². The second kappa shape index (κ2) is 11.8. The van der Waals surface area contributed by atoms with E-state index in [1.807, 2.05) is 43.9 Å². The van der Waals surface area contributed by atoms with E-state index in [4.69, 9.17) is 19.9 Å². The van der Waals surface area contributed by atoms with Crippen LogP contribution in [0.15, 0.2) is 30.3 Å². The molecule has 3 amide bonds. The van der Waals surface area contributed by atoms with E-state index in [-0.39, 0.29) is 13.2 Å². The van der Waals surface area contributed by atoms with Gasteiger partial charge in [0.05, 0.1) is 6.54 Å². The first-order chi connectivity index (χ1) is 18.9. The molecule has 0 saturated heterocycles. The molecule has 2 N–H and O–H groups in total. The van der Waals surface area contributed by atoms with Crippen molar-refractivity contribution in [3.63, 3.8) is 0 Å². The fourth-order valence-electron chi connectivity index (χ4n) is 4.13. The number of hydrogen-bond acceptors (Lipinski definition) is 10. The number of nitrogens with two attached hydrogens (primary N) is 1. The van der Waals surface area contributed by atoms with E-state index in [9.17, 15) is 14.4 Å². The summed E-state index contributed by atoms with van der Waals surface area (Å²) >= 11 is 0. The predicted octanol–water partition coefficient (Wildman–Crippen LogP) is 5.67. The van der Waals surface area contributed by atoms with Crippen molar-refractivity contribution in [2.45, 2.75) is 85.5 Å². The number of anilines is 4. The molecule has 0 saturated carbocycles. The Kier molecular flexibility index (Phi) is 9.04. The fraction of sp³-hybridized carbons (Fsp3) is 0.552. The molecule has 0 radical (unpaired) electrons. The van der Waals surface area contributed by atoms with Gasteiger partial charge in [0.1, 0.15) is 17.8 Å². The molecule has 1 aromatic carbocycles. The smallest absolute Gasteiger partial charge is 0.419 e. The zero-order valence-electron chi connectivity index (χ0n) is 25.5. The molecule has 0 unspecified atom stereocenters. The number of carbonyl (C=O) groups is 3. The molecular formula is C29H42N6O6. The highest BCUT2D eigenvalue weighted by molar-refractivity contribution is 5.89. The van der Waals surface area contributed by atoms with Gasteiger partial charge in [-0.2, -0.15) is 0 Å². The predicted molar refractivity (Wildman–Crippen MR) is 156 cm³/mol. The van der Waals surface area contributed by atoms with E-state index in [0.717, 1.165) is 29.1 Å². The van der Waals surface area contributed by atoms with Gasteiger partial charge in [-0.15, -0.1) is 10.2 Å². The number of nitrogen functional groups attached to an aromatic ring is 1. The van der Waals surface area contributed by atoms with Crippen molar-refractivity contribution in [1.82, 2.24) is 15.1 Å². The number of hydrogen-bond donors (Lipinski definition) is 1. The Morgan fingerprint density at radius 2 is 1.49 bits per heavy atom. The molecular weight excluding hydrogens is 528 g/mol. The number of imide groups is 1. The van der Waals surface area contributed by atoms with Crippen molar-refractivity contribution in [3.8, 4) is 0 Å². The van der Waals surface area contributed by atoms with Gasteiger partial charge in [0.15, 0.2) is 11.6 Å². The maximum Gasteiger partial charge on any atom is 0.419 e. The van der Waals surface area contributed by atoms with E-state index >= 15 is 0 Å². The van der Waals surface area contributed by atoms with E-state index in [1.165, 1.54) is 4.90 Å². The number of carbonyl (C=O) groups excluding carboxylic acids is 3. The standard InChI is InChI=1S/C29H42N6O6/c1-27(2,3)35(23-13-12-22(31-32-23)33-15-14-19-18-20(30)10-11-21(19)33)26(38)39-17-16-34(24(36)40-28(4,5)6)25(37)41-29(7,8)9/h10-13,18H,14-17,30H2,1-9H3. The van der Waals surface area contributed by atoms with Crippen LogP contribution < -0.4 is 15.5 Å². The van der Waals surface area contributed by atoms with Crippen molar-refractivity contribution >= 4 is 41.3 Å². The van der Waals surface area contributed by atoms with Gasteiger partial charge in [0, 0.05) is 23.5 Å². The van der Waals surface area contributed by atoms with Crippen molar-refractivity contribution < 1.29 is 28.6 Å². The largest absolute Gasteiger partial charge is 0.447 e. The Morgan fingerprint density at radius 1 is 0.878 bits per heavy atom. The first-order valence-electron chi connectivity index (χ1n) is 13.6. The summed E-state index contributed by atoms with van der Waals surface area (Å²) in [5, 5.41) is 8.72. The zero-order chi connectivity index (χ0) is 30.8. The Morgan fingerprint density at radius 3 is 2.00 bits per heavy atom. The summed E-state index contributed by atoms with van der Waals surface area (Å²) < 4.78 is 16.2. The molecule has 2 heterocycles. The summed E-state index contributed by atoms with van der Waals surface area (Å²) in [6.45, 7) is 15.8. The Labute approximate surface area is 241 Å². The maximum absolute atomic E-state index is 13.3. The van der Waals surface area contributed by atoms with Crippen LogP contribution in [0.3, 0.4) is 0 Å². The van der Waals surface area contributed by atoms with Crippen LogP contribution >= 0.6 is 0 Å². The third-order valence-corrected chi connectivity index (χ3v) is 5.76. The maximum atomic E-state index is 13.3. The zero-order valence-corrected chi connectivity index (χ0v) is 25.5. The minimum absolute atomic E-state index is 0.267. The normalized spacial score (nSPS) is 13.3. The summed E-state index contributed by atoms with van der Waals surface area (Å²) in [6.07, 6.45) is -1.67. The van der Waals surface area contributed by atoms with Gasteiger partial charge in [-0.1, -0.05) is 0 Å². The first-order valence-corrected chi connectivity index (χ1v) is 13.6. The highest BCUT2D eigenvalue weighted by atomic mass is 16.6. The third-order valence-electron chi connectivity index (χ3n) is 5.76. The SMILES string of the molecule is CC(C)(C)OC(=O)N(CCOC(=O)N(c1ccc(N2CCc3cc(N)ccc32)nn1)C(C)(C)C)C(=O)OC(C)(C)C. The second-order valence-corrected chi connectivity index (χ2v) is 12.8. The topological polar surface area (TPSA) is 140 Å². The third kappa shape index (κ3) is 8.45. The number of benzene rings is 1. The Balaban J connectivity index is 1.73. The van der Waals surface area contributed by atoms with Gasteiger partial charge in [0.25, 0.3) is 0 Å². The van der Waals surface area contributed by atoms with Crippen LogP contribution in [0.1, 0.15) is 67.9 Å². The highest BCUT2D eigenvalue weighted by Crippen LogP contribution is 2.35. The van der Waals surface area contributed by atoms with Crippen LogP contribution in [0, 0.1) is 0 Å². The van der Waals surface area contributed by atoms with Gasteiger partial charge in [-0.25, -0.2) is 19.3 Å². The quantitative estimate of drug-likeness (QED) is 0.353. The molecule has 41 heavy (non-hydrogen) atoms. The number of rotatable bonds is 5. The van der Waals surface area contributed by atoms with Gasteiger partial charge >= 0.3 is 18.3 Å². The molecule has 12 nitrogen and oxygen atoms in total. The molecule has 0 bridgehead atoms. The van der Waals surface area contributed by atoms with Crippen LogP contribution in [0.25, 0.3) is 0 Å². The van der Waals surface area contributed by atoms with Gasteiger partial charge < -0.3 is 24.8 Å². The number of ether oxygens (including phenoxy) is 3. The van der Waals surface area contributed by atoms with Crippen LogP contribution in [0.2, 0.25) is 0 Å². The van der Waals surface area contributed by atoms with E-state index < -0.39 is 35.0 Å².